The lowest BCUT2D eigenvalue weighted by Gasteiger charge is -2.09. The van der Waals surface area contributed by atoms with Gasteiger partial charge in [-0.05, 0) is 0 Å². The fourth-order valence-corrected chi connectivity index (χ4v) is 1.22. The van der Waals surface area contributed by atoms with Crippen molar-refractivity contribution in [1.82, 2.24) is 19.7 Å². The van der Waals surface area contributed by atoms with Crippen molar-refractivity contribution in [2.75, 3.05) is 5.73 Å². The van der Waals surface area contributed by atoms with Crippen LogP contribution in [0.15, 0.2) is 24.8 Å². The molecular formula is C8H7ClF3N5. The minimum absolute atomic E-state index is 0. The van der Waals surface area contributed by atoms with Gasteiger partial charge >= 0.3 is 6.18 Å². The van der Waals surface area contributed by atoms with Crippen molar-refractivity contribution in [3.05, 3.63) is 30.5 Å². The molecule has 0 unspecified atom stereocenters. The van der Waals surface area contributed by atoms with E-state index in [1.807, 2.05) is 0 Å². The second-order valence-electron chi connectivity index (χ2n) is 2.92. The normalized spacial score (nSPS) is 11.0. The molecule has 0 amide bonds. The summed E-state index contributed by atoms with van der Waals surface area (Å²) in [7, 11) is 0. The second kappa shape index (κ2) is 4.58. The van der Waals surface area contributed by atoms with Gasteiger partial charge in [-0.2, -0.15) is 18.3 Å². The number of alkyl halides is 3. The van der Waals surface area contributed by atoms with E-state index >= 15 is 0 Å². The first-order chi connectivity index (χ1) is 7.50. The Kier molecular flexibility index (Phi) is 3.56. The number of rotatable bonds is 1. The largest absolute Gasteiger partial charge is 0.435 e. The van der Waals surface area contributed by atoms with Crippen molar-refractivity contribution in [2.24, 2.45) is 0 Å². The smallest absolute Gasteiger partial charge is 0.396 e. The summed E-state index contributed by atoms with van der Waals surface area (Å²) in [6.07, 6.45) is 0.133. The Bertz CT molecular complexity index is 496. The van der Waals surface area contributed by atoms with Crippen molar-refractivity contribution < 1.29 is 13.2 Å². The van der Waals surface area contributed by atoms with Gasteiger partial charge in [-0.3, -0.25) is 4.98 Å². The Morgan fingerprint density at radius 1 is 1.18 bits per heavy atom. The molecule has 5 nitrogen and oxygen atoms in total. The number of halogens is 4. The van der Waals surface area contributed by atoms with Gasteiger partial charge in [0.2, 0.25) is 0 Å². The molecule has 2 aromatic rings. The third kappa shape index (κ3) is 2.47. The Hall–Kier alpha value is -1.83. The first kappa shape index (κ1) is 13.2. The van der Waals surface area contributed by atoms with Gasteiger partial charge in [0.15, 0.2) is 11.5 Å². The molecule has 0 radical (unpaired) electrons. The number of anilines is 1. The van der Waals surface area contributed by atoms with Crippen LogP contribution in [-0.4, -0.2) is 19.7 Å². The van der Waals surface area contributed by atoms with Gasteiger partial charge < -0.3 is 5.73 Å². The van der Waals surface area contributed by atoms with Crippen molar-refractivity contribution in [2.45, 2.75) is 6.18 Å². The van der Waals surface area contributed by atoms with Crippen molar-refractivity contribution in [3.63, 3.8) is 0 Å². The minimum atomic E-state index is -4.59. The maximum Gasteiger partial charge on any atom is 0.435 e. The molecular weight excluding hydrogens is 259 g/mol. The third-order valence-electron chi connectivity index (χ3n) is 1.83. The van der Waals surface area contributed by atoms with E-state index in [1.54, 1.807) is 0 Å². The van der Waals surface area contributed by atoms with E-state index in [2.05, 4.69) is 15.1 Å². The van der Waals surface area contributed by atoms with Gasteiger partial charge in [-0.1, -0.05) is 0 Å². The van der Waals surface area contributed by atoms with E-state index in [0.29, 0.717) is 4.68 Å². The molecule has 9 heteroatoms. The van der Waals surface area contributed by atoms with Gasteiger partial charge in [0.05, 0.1) is 18.1 Å². The van der Waals surface area contributed by atoms with Crippen LogP contribution in [0.1, 0.15) is 5.69 Å². The second-order valence-corrected chi connectivity index (χ2v) is 2.92. The van der Waals surface area contributed by atoms with E-state index in [1.165, 1.54) is 18.6 Å². The molecule has 0 atom stereocenters. The number of nitrogen functional groups attached to an aromatic ring is 1. The standard InChI is InChI=1S/C8H6F3N5.ClH/c9-8(10,11)7-5(12)3-15-16(7)6-4-13-1-2-14-6;/h1-4H,12H2;1H. The molecule has 0 aromatic carbocycles. The van der Waals surface area contributed by atoms with Crippen LogP contribution in [-0.2, 0) is 6.18 Å². The lowest BCUT2D eigenvalue weighted by Crippen LogP contribution is -2.16. The average molecular weight is 266 g/mol. The molecule has 2 aromatic heterocycles. The zero-order chi connectivity index (χ0) is 11.8. The van der Waals surface area contributed by atoms with E-state index in [-0.39, 0.29) is 18.2 Å². The number of nitrogens with zero attached hydrogens (tertiary/aromatic N) is 4. The van der Waals surface area contributed by atoms with Crippen LogP contribution in [0.3, 0.4) is 0 Å². The summed E-state index contributed by atoms with van der Waals surface area (Å²) < 4.78 is 38.5. The van der Waals surface area contributed by atoms with E-state index in [9.17, 15) is 13.2 Å². The first-order valence-electron chi connectivity index (χ1n) is 4.17. The summed E-state index contributed by atoms with van der Waals surface area (Å²) in [5, 5.41) is 3.52. The predicted molar refractivity (Wildman–Crippen MR) is 55.8 cm³/mol. The summed E-state index contributed by atoms with van der Waals surface area (Å²) in [5.74, 6) is -0.0356. The highest BCUT2D eigenvalue weighted by Crippen LogP contribution is 2.34. The molecule has 0 bridgehead atoms. The molecule has 0 aliphatic carbocycles. The summed E-state index contributed by atoms with van der Waals surface area (Å²) in [5.41, 5.74) is 3.72. The molecule has 2 heterocycles. The van der Waals surface area contributed by atoms with Gasteiger partial charge in [0, 0.05) is 12.4 Å². The fraction of sp³-hybridized carbons (Fsp3) is 0.125. The van der Waals surface area contributed by atoms with Crippen LogP contribution in [0.5, 0.6) is 0 Å². The third-order valence-corrected chi connectivity index (χ3v) is 1.83. The molecule has 0 saturated carbocycles. The molecule has 0 aliphatic rings. The lowest BCUT2D eigenvalue weighted by atomic mass is 10.3. The maximum atomic E-state index is 12.6. The molecule has 17 heavy (non-hydrogen) atoms. The summed E-state index contributed by atoms with van der Waals surface area (Å²) in [6.45, 7) is 0. The number of nitrogens with two attached hydrogens (primary N) is 1. The van der Waals surface area contributed by atoms with Crippen LogP contribution >= 0.6 is 12.4 Å². The predicted octanol–water partition coefficient (Wildman–Crippen LogP) is 1.69. The molecule has 2 N–H and O–H groups in total. The van der Waals surface area contributed by atoms with E-state index < -0.39 is 17.6 Å². The number of aromatic nitrogens is 4. The molecule has 2 rings (SSSR count). The van der Waals surface area contributed by atoms with Crippen molar-refractivity contribution in [1.29, 1.82) is 0 Å². The van der Waals surface area contributed by atoms with Gasteiger partial charge in [-0.25, -0.2) is 9.67 Å². The highest BCUT2D eigenvalue weighted by atomic mass is 35.5. The zero-order valence-electron chi connectivity index (χ0n) is 8.22. The zero-order valence-corrected chi connectivity index (χ0v) is 9.03. The Balaban J connectivity index is 0.00000144. The van der Waals surface area contributed by atoms with Crippen LogP contribution in [0.2, 0.25) is 0 Å². The summed E-state index contributed by atoms with van der Waals surface area (Å²) >= 11 is 0. The molecule has 0 spiro atoms. The molecule has 0 saturated heterocycles. The molecule has 0 aliphatic heterocycles. The number of hydrogen-bond donors (Lipinski definition) is 1. The Labute approximate surface area is 99.9 Å². The first-order valence-corrected chi connectivity index (χ1v) is 4.17. The quantitative estimate of drug-likeness (QED) is 0.852. The topological polar surface area (TPSA) is 69.6 Å². The average Bonchev–Trinajstić information content (AvgIpc) is 2.61. The van der Waals surface area contributed by atoms with Crippen LogP contribution in [0.4, 0.5) is 18.9 Å². The van der Waals surface area contributed by atoms with Crippen LogP contribution in [0.25, 0.3) is 5.82 Å². The maximum absolute atomic E-state index is 12.6. The minimum Gasteiger partial charge on any atom is -0.396 e. The molecule has 0 fully saturated rings. The van der Waals surface area contributed by atoms with Crippen LogP contribution in [0, 0.1) is 0 Å². The van der Waals surface area contributed by atoms with Crippen molar-refractivity contribution >= 4 is 18.1 Å². The Morgan fingerprint density at radius 3 is 2.41 bits per heavy atom. The monoisotopic (exact) mass is 265 g/mol. The lowest BCUT2D eigenvalue weighted by molar-refractivity contribution is -0.142. The SMILES string of the molecule is Cl.Nc1cnn(-c2cnccn2)c1C(F)(F)F. The Morgan fingerprint density at radius 2 is 1.88 bits per heavy atom. The fourth-order valence-electron chi connectivity index (χ4n) is 1.22. The molecule has 92 valence electrons. The highest BCUT2D eigenvalue weighted by Gasteiger charge is 2.38. The highest BCUT2D eigenvalue weighted by molar-refractivity contribution is 5.85. The number of hydrogen-bond acceptors (Lipinski definition) is 4. The van der Waals surface area contributed by atoms with Gasteiger partial charge in [0.25, 0.3) is 0 Å². The van der Waals surface area contributed by atoms with Gasteiger partial charge in [0.1, 0.15) is 0 Å². The summed E-state index contributed by atoms with van der Waals surface area (Å²) in [6, 6.07) is 0. The van der Waals surface area contributed by atoms with Gasteiger partial charge in [-0.15, -0.1) is 12.4 Å². The van der Waals surface area contributed by atoms with Crippen molar-refractivity contribution in [3.8, 4) is 5.82 Å². The van der Waals surface area contributed by atoms with Crippen LogP contribution < -0.4 is 5.73 Å². The summed E-state index contributed by atoms with van der Waals surface area (Å²) in [4.78, 5) is 7.38. The van der Waals surface area contributed by atoms with E-state index in [0.717, 1.165) is 6.20 Å². The van der Waals surface area contributed by atoms with E-state index in [4.69, 9.17) is 5.73 Å².